The van der Waals surface area contributed by atoms with Gasteiger partial charge in [-0.2, -0.15) is 0 Å². The molecule has 0 saturated carbocycles. The van der Waals surface area contributed by atoms with Crippen molar-refractivity contribution >= 4 is 47.2 Å². The average molecular weight is 590 g/mol. The fourth-order valence-corrected chi connectivity index (χ4v) is 5.46. The summed E-state index contributed by atoms with van der Waals surface area (Å²) in [6.07, 6.45) is 10.9. The van der Waals surface area contributed by atoms with Crippen molar-refractivity contribution in [2.75, 3.05) is 0 Å². The summed E-state index contributed by atoms with van der Waals surface area (Å²) >= 11 is 1.04. The number of ether oxygens (including phenoxy) is 1. The van der Waals surface area contributed by atoms with Gasteiger partial charge in [-0.05, 0) is 47.4 Å². The van der Waals surface area contributed by atoms with Crippen LogP contribution in [0, 0.1) is 0 Å². The molecule has 43 heavy (non-hydrogen) atoms. The molecule has 3 aromatic carbocycles. The second-order valence-corrected chi connectivity index (χ2v) is 10.9. The molecule has 0 spiro atoms. The third-order valence-electron chi connectivity index (χ3n) is 6.63. The zero-order chi connectivity index (χ0) is 29.4. The zero-order valence-corrected chi connectivity index (χ0v) is 23.9. The molecule has 1 saturated heterocycles. The van der Waals surface area contributed by atoms with Gasteiger partial charge in [0.1, 0.15) is 30.6 Å². The Bertz CT molecular complexity index is 1740. The monoisotopic (exact) mass is 589 g/mol. The fourth-order valence-electron chi connectivity index (χ4n) is 4.43. The van der Waals surface area contributed by atoms with Gasteiger partial charge in [-0.15, -0.1) is 0 Å². The van der Waals surface area contributed by atoms with Crippen LogP contribution in [0.4, 0.5) is 4.79 Å². The Morgan fingerprint density at radius 3 is 1.95 bits per heavy atom. The molecule has 2 amide bonds. The number of oxazole rings is 2. The third-order valence-corrected chi connectivity index (χ3v) is 7.71. The van der Waals surface area contributed by atoms with Crippen LogP contribution in [-0.4, -0.2) is 31.3 Å². The van der Waals surface area contributed by atoms with E-state index >= 15 is 0 Å². The Hall–Kier alpha value is -5.15. The maximum Gasteiger partial charge on any atom is 0.289 e. The minimum Gasteiger partial charge on any atom is -0.487 e. The van der Waals surface area contributed by atoms with Gasteiger partial charge in [0, 0.05) is 12.2 Å². The van der Waals surface area contributed by atoms with E-state index in [1.165, 1.54) is 11.2 Å². The van der Waals surface area contributed by atoms with Gasteiger partial charge in [0.05, 0.1) is 17.5 Å². The van der Waals surface area contributed by atoms with Gasteiger partial charge in [-0.3, -0.25) is 14.5 Å². The summed E-state index contributed by atoms with van der Waals surface area (Å²) in [7, 11) is 0. The van der Waals surface area contributed by atoms with Gasteiger partial charge in [0.2, 0.25) is 17.7 Å². The standard InChI is InChI=1S/C34H27N3O5S/c38-33-30(43-34(39)37(33)20-27-21-41-31(35-27)17-13-24-7-3-1-4-8-24)19-26-11-15-29(16-12-26)40-22-28-23-42-32(36-28)18-14-25-9-5-2-6-10-25/h1-18,21,23,30H,19-20,22H2/b17-13+,18-14+. The van der Waals surface area contributed by atoms with Crippen molar-refractivity contribution in [3.8, 4) is 5.75 Å². The number of benzene rings is 3. The summed E-state index contributed by atoms with van der Waals surface area (Å²) in [5.41, 5.74) is 4.20. The van der Waals surface area contributed by atoms with Gasteiger partial charge >= 0.3 is 0 Å². The van der Waals surface area contributed by atoms with Gasteiger partial charge in [0.25, 0.3) is 5.24 Å². The molecule has 1 atom stereocenters. The highest BCUT2D eigenvalue weighted by molar-refractivity contribution is 8.15. The molecule has 0 bridgehead atoms. The maximum absolute atomic E-state index is 13.1. The third kappa shape index (κ3) is 7.38. The molecule has 9 heteroatoms. The van der Waals surface area contributed by atoms with E-state index in [0.717, 1.165) is 28.5 Å². The van der Waals surface area contributed by atoms with Crippen LogP contribution >= 0.6 is 11.8 Å². The summed E-state index contributed by atoms with van der Waals surface area (Å²) in [4.78, 5) is 35.8. The summed E-state index contributed by atoms with van der Waals surface area (Å²) < 4.78 is 16.9. The number of amides is 2. The fraction of sp³-hybridized carbons (Fsp3) is 0.118. The Labute approximate surface area is 252 Å². The van der Waals surface area contributed by atoms with Gasteiger partial charge in [0.15, 0.2) is 0 Å². The first kappa shape index (κ1) is 28.0. The topological polar surface area (TPSA) is 98.7 Å². The van der Waals surface area contributed by atoms with E-state index in [1.54, 1.807) is 12.3 Å². The van der Waals surface area contributed by atoms with Crippen LogP contribution in [-0.2, 0) is 24.4 Å². The number of hydrogen-bond donors (Lipinski definition) is 0. The van der Waals surface area contributed by atoms with E-state index in [4.69, 9.17) is 13.6 Å². The van der Waals surface area contributed by atoms with Crippen LogP contribution in [0.3, 0.4) is 0 Å². The lowest BCUT2D eigenvalue weighted by Gasteiger charge is -2.12. The number of carbonyl (C=O) groups is 2. The molecule has 2 aromatic heterocycles. The molecule has 0 radical (unpaired) electrons. The van der Waals surface area contributed by atoms with Crippen molar-refractivity contribution in [1.29, 1.82) is 0 Å². The van der Waals surface area contributed by atoms with Crippen molar-refractivity contribution < 1.29 is 23.2 Å². The predicted octanol–water partition coefficient (Wildman–Crippen LogP) is 7.39. The van der Waals surface area contributed by atoms with E-state index in [-0.39, 0.29) is 24.3 Å². The van der Waals surface area contributed by atoms with E-state index in [9.17, 15) is 9.59 Å². The number of aromatic nitrogens is 2. The van der Waals surface area contributed by atoms with E-state index in [0.29, 0.717) is 35.3 Å². The number of rotatable bonds is 11. The van der Waals surface area contributed by atoms with E-state index < -0.39 is 5.25 Å². The predicted molar refractivity (Wildman–Crippen MR) is 166 cm³/mol. The molecular weight excluding hydrogens is 562 g/mol. The first-order valence-corrected chi connectivity index (χ1v) is 14.6. The number of thioether (sulfide) groups is 1. The Morgan fingerprint density at radius 2 is 1.33 bits per heavy atom. The average Bonchev–Trinajstić information content (AvgIpc) is 3.76. The normalized spacial score (nSPS) is 15.3. The van der Waals surface area contributed by atoms with Crippen LogP contribution < -0.4 is 4.74 Å². The second kappa shape index (κ2) is 13.2. The summed E-state index contributed by atoms with van der Waals surface area (Å²) in [6, 6.07) is 27.2. The highest BCUT2D eigenvalue weighted by Crippen LogP contribution is 2.31. The van der Waals surface area contributed by atoms with E-state index in [1.807, 2.05) is 103 Å². The van der Waals surface area contributed by atoms with Crippen LogP contribution in [0.2, 0.25) is 0 Å². The molecular formula is C34H27N3O5S. The van der Waals surface area contributed by atoms with Crippen LogP contribution in [0.25, 0.3) is 24.3 Å². The molecule has 6 rings (SSSR count). The molecule has 1 aliphatic rings. The lowest BCUT2D eigenvalue weighted by molar-refractivity contribution is -0.127. The van der Waals surface area contributed by atoms with Crippen molar-refractivity contribution in [3.63, 3.8) is 0 Å². The molecule has 1 aliphatic heterocycles. The van der Waals surface area contributed by atoms with Crippen molar-refractivity contribution in [2.45, 2.75) is 24.8 Å². The van der Waals surface area contributed by atoms with Gasteiger partial charge in [-0.25, -0.2) is 9.97 Å². The first-order valence-electron chi connectivity index (χ1n) is 13.7. The Kier molecular flexibility index (Phi) is 8.61. The van der Waals surface area contributed by atoms with Gasteiger partial charge in [-0.1, -0.05) is 84.6 Å². The summed E-state index contributed by atoms with van der Waals surface area (Å²) in [5.74, 6) is 1.35. The van der Waals surface area contributed by atoms with Crippen LogP contribution in [0.5, 0.6) is 5.75 Å². The smallest absolute Gasteiger partial charge is 0.289 e. The largest absolute Gasteiger partial charge is 0.487 e. The highest BCUT2D eigenvalue weighted by atomic mass is 32.2. The second-order valence-electron chi connectivity index (χ2n) is 9.78. The minimum absolute atomic E-state index is 0.0719. The quantitative estimate of drug-likeness (QED) is 0.157. The molecule has 1 fully saturated rings. The molecule has 3 heterocycles. The maximum atomic E-state index is 13.1. The van der Waals surface area contributed by atoms with Crippen molar-refractivity contribution in [2.24, 2.45) is 0 Å². The summed E-state index contributed by atoms with van der Waals surface area (Å²) in [6.45, 7) is 0.330. The highest BCUT2D eigenvalue weighted by Gasteiger charge is 2.39. The minimum atomic E-state index is -0.499. The van der Waals surface area contributed by atoms with Crippen LogP contribution in [0.1, 0.15) is 39.9 Å². The molecule has 1 unspecified atom stereocenters. The van der Waals surface area contributed by atoms with Crippen molar-refractivity contribution in [3.05, 3.63) is 137 Å². The number of imide groups is 1. The molecule has 8 nitrogen and oxygen atoms in total. The number of hydrogen-bond acceptors (Lipinski definition) is 8. The van der Waals surface area contributed by atoms with Gasteiger partial charge < -0.3 is 13.6 Å². The number of carbonyl (C=O) groups excluding carboxylic acids is 2. The first-order chi connectivity index (χ1) is 21.1. The van der Waals surface area contributed by atoms with E-state index in [2.05, 4.69) is 9.97 Å². The Morgan fingerprint density at radius 1 is 0.744 bits per heavy atom. The summed E-state index contributed by atoms with van der Waals surface area (Å²) in [5, 5.41) is -0.786. The molecule has 0 N–H and O–H groups in total. The van der Waals surface area contributed by atoms with Crippen molar-refractivity contribution in [1.82, 2.24) is 14.9 Å². The SMILES string of the molecule is O=C1SC(Cc2ccc(OCc3coc(/C=C/c4ccccc4)n3)cc2)C(=O)N1Cc1coc(/C=C/c2ccccc2)n1. The lowest BCUT2D eigenvalue weighted by atomic mass is 10.1. The molecule has 0 aliphatic carbocycles. The number of nitrogens with zero attached hydrogens (tertiary/aromatic N) is 3. The zero-order valence-electron chi connectivity index (χ0n) is 23.0. The van der Waals surface area contributed by atoms with Crippen LogP contribution in [0.15, 0.2) is 106 Å². The Balaban J connectivity index is 0.988. The lowest BCUT2D eigenvalue weighted by Crippen LogP contribution is -2.31. The molecule has 214 valence electrons. The molecule has 5 aromatic rings.